The van der Waals surface area contributed by atoms with Gasteiger partial charge in [-0.25, -0.2) is 0 Å². The number of rotatable bonds is 5. The first-order valence-electron chi connectivity index (χ1n) is 4.61. The molecule has 1 aromatic carbocycles. The van der Waals surface area contributed by atoms with Gasteiger partial charge in [-0.2, -0.15) is 0 Å². The van der Waals surface area contributed by atoms with Crippen molar-refractivity contribution in [3.63, 3.8) is 0 Å². The van der Waals surface area contributed by atoms with Gasteiger partial charge in [-0.15, -0.1) is 0 Å². The average molecular weight is 193 g/mol. The van der Waals surface area contributed by atoms with Crippen molar-refractivity contribution in [3.8, 4) is 0 Å². The van der Waals surface area contributed by atoms with Gasteiger partial charge >= 0.3 is 0 Å². The van der Waals surface area contributed by atoms with Crippen molar-refractivity contribution in [1.82, 2.24) is 0 Å². The summed E-state index contributed by atoms with van der Waals surface area (Å²) in [5.41, 5.74) is 1.22. The highest BCUT2D eigenvalue weighted by Crippen LogP contribution is 2.03. The van der Waals surface area contributed by atoms with E-state index in [1.807, 2.05) is 30.3 Å². The van der Waals surface area contributed by atoms with Crippen molar-refractivity contribution in [2.75, 3.05) is 7.11 Å². The third-order valence-corrected chi connectivity index (χ3v) is 1.91. The van der Waals surface area contributed by atoms with E-state index in [0.717, 1.165) is 6.42 Å². The second-order valence-electron chi connectivity index (χ2n) is 3.03. The van der Waals surface area contributed by atoms with E-state index in [1.165, 1.54) is 18.9 Å². The number of aryl methyl sites for hydroxylation is 1. The maximum atomic E-state index is 9.41. The molecule has 0 aliphatic rings. The fraction of sp³-hybridized carbons (Fsp3) is 0.364. The Morgan fingerprint density at radius 1 is 1.43 bits per heavy atom. The Balaban J connectivity index is 2.30. The van der Waals surface area contributed by atoms with Crippen molar-refractivity contribution < 1.29 is 9.94 Å². The van der Waals surface area contributed by atoms with E-state index in [4.69, 9.17) is 0 Å². The number of nitrogens with zero attached hydrogens (tertiary/aromatic N) is 1. The molecule has 1 atom stereocenters. The normalized spacial score (nSPS) is 13.0. The minimum Gasteiger partial charge on any atom is -0.399 e. The fourth-order valence-electron chi connectivity index (χ4n) is 1.16. The Hall–Kier alpha value is -1.35. The van der Waals surface area contributed by atoms with E-state index in [-0.39, 0.29) is 0 Å². The van der Waals surface area contributed by atoms with Crippen LogP contribution < -0.4 is 0 Å². The molecule has 0 spiro atoms. The summed E-state index contributed by atoms with van der Waals surface area (Å²) in [6.45, 7) is 0. The van der Waals surface area contributed by atoms with Gasteiger partial charge in [-0.1, -0.05) is 35.5 Å². The maximum Gasteiger partial charge on any atom is 0.106 e. The zero-order valence-corrected chi connectivity index (χ0v) is 8.26. The minimum atomic E-state index is -0.532. The zero-order chi connectivity index (χ0) is 10.2. The SMILES string of the molecule is CO/N=C\[C@@H](O)CCc1ccccc1. The van der Waals surface area contributed by atoms with Crippen molar-refractivity contribution in [2.24, 2.45) is 5.16 Å². The van der Waals surface area contributed by atoms with E-state index < -0.39 is 6.10 Å². The molecule has 0 saturated carbocycles. The van der Waals surface area contributed by atoms with Crippen molar-refractivity contribution in [2.45, 2.75) is 18.9 Å². The molecule has 1 aromatic rings. The van der Waals surface area contributed by atoms with Crippen LogP contribution in [0.1, 0.15) is 12.0 Å². The first-order valence-corrected chi connectivity index (χ1v) is 4.61. The summed E-state index contributed by atoms with van der Waals surface area (Å²) in [7, 11) is 1.46. The predicted octanol–water partition coefficient (Wildman–Crippen LogP) is 1.61. The Bertz CT molecular complexity index is 272. The number of hydrogen-bond acceptors (Lipinski definition) is 3. The summed E-state index contributed by atoms with van der Waals surface area (Å²) < 4.78 is 0. The molecule has 3 heteroatoms. The van der Waals surface area contributed by atoms with Crippen molar-refractivity contribution in [1.29, 1.82) is 0 Å². The van der Waals surface area contributed by atoms with E-state index in [9.17, 15) is 5.11 Å². The Morgan fingerprint density at radius 2 is 2.14 bits per heavy atom. The number of aliphatic hydroxyl groups excluding tert-OH is 1. The summed E-state index contributed by atoms with van der Waals surface area (Å²) in [4.78, 5) is 4.47. The molecule has 0 unspecified atom stereocenters. The monoisotopic (exact) mass is 193 g/mol. The first kappa shape index (κ1) is 10.7. The average Bonchev–Trinajstić information content (AvgIpc) is 2.25. The molecule has 0 saturated heterocycles. The van der Waals surface area contributed by atoms with Gasteiger partial charge in [-0.05, 0) is 18.4 Å². The van der Waals surface area contributed by atoms with Gasteiger partial charge in [0.15, 0.2) is 0 Å². The summed E-state index contributed by atoms with van der Waals surface area (Å²) in [5, 5.41) is 12.9. The molecular formula is C11H15NO2. The molecule has 0 heterocycles. The van der Waals surface area contributed by atoms with Crippen LogP contribution in [0.4, 0.5) is 0 Å². The highest BCUT2D eigenvalue weighted by molar-refractivity contribution is 5.61. The van der Waals surface area contributed by atoms with E-state index in [2.05, 4.69) is 9.99 Å². The van der Waals surface area contributed by atoms with Crippen LogP contribution in [-0.4, -0.2) is 24.5 Å². The highest BCUT2D eigenvalue weighted by Gasteiger charge is 2.00. The molecule has 0 aromatic heterocycles. The maximum absolute atomic E-state index is 9.41. The van der Waals surface area contributed by atoms with Crippen LogP contribution in [0, 0.1) is 0 Å². The fourth-order valence-corrected chi connectivity index (χ4v) is 1.16. The molecular weight excluding hydrogens is 178 g/mol. The Labute approximate surface area is 84.0 Å². The second-order valence-corrected chi connectivity index (χ2v) is 3.03. The molecule has 0 aliphatic heterocycles. The standard InChI is InChI=1S/C11H15NO2/c1-14-12-9-11(13)8-7-10-5-3-2-4-6-10/h2-6,9,11,13H,7-8H2,1H3/b12-9-/t11-/m0/s1. The van der Waals surface area contributed by atoms with Crippen LogP contribution in [0.15, 0.2) is 35.5 Å². The smallest absolute Gasteiger partial charge is 0.106 e. The number of oxime groups is 1. The van der Waals surface area contributed by atoms with Crippen LogP contribution >= 0.6 is 0 Å². The van der Waals surface area contributed by atoms with Crippen LogP contribution in [0.5, 0.6) is 0 Å². The van der Waals surface area contributed by atoms with Crippen molar-refractivity contribution in [3.05, 3.63) is 35.9 Å². The molecule has 1 N–H and O–H groups in total. The molecule has 0 bridgehead atoms. The highest BCUT2D eigenvalue weighted by atomic mass is 16.6. The van der Waals surface area contributed by atoms with Gasteiger partial charge in [0.05, 0.1) is 12.3 Å². The van der Waals surface area contributed by atoms with E-state index in [0.29, 0.717) is 6.42 Å². The number of benzene rings is 1. The van der Waals surface area contributed by atoms with Crippen LogP contribution in [-0.2, 0) is 11.3 Å². The first-order chi connectivity index (χ1) is 6.83. The zero-order valence-electron chi connectivity index (χ0n) is 8.26. The minimum absolute atomic E-state index is 0.532. The molecule has 0 amide bonds. The van der Waals surface area contributed by atoms with Gasteiger partial charge in [0.25, 0.3) is 0 Å². The molecule has 3 nitrogen and oxygen atoms in total. The van der Waals surface area contributed by atoms with Crippen molar-refractivity contribution >= 4 is 6.21 Å². The van der Waals surface area contributed by atoms with Gasteiger partial charge in [0, 0.05) is 0 Å². The van der Waals surface area contributed by atoms with Crippen LogP contribution in [0.3, 0.4) is 0 Å². The third kappa shape index (κ3) is 4.05. The van der Waals surface area contributed by atoms with Gasteiger partial charge in [0.2, 0.25) is 0 Å². The molecule has 0 aliphatic carbocycles. The molecule has 14 heavy (non-hydrogen) atoms. The second kappa shape index (κ2) is 6.16. The van der Waals surface area contributed by atoms with Gasteiger partial charge in [-0.3, -0.25) is 0 Å². The van der Waals surface area contributed by atoms with Gasteiger partial charge in [0.1, 0.15) is 7.11 Å². The molecule has 1 rings (SSSR count). The molecule has 76 valence electrons. The lowest BCUT2D eigenvalue weighted by Crippen LogP contribution is -2.09. The van der Waals surface area contributed by atoms with Crippen LogP contribution in [0.2, 0.25) is 0 Å². The van der Waals surface area contributed by atoms with Gasteiger partial charge < -0.3 is 9.94 Å². The lowest BCUT2D eigenvalue weighted by atomic mass is 10.1. The summed E-state index contributed by atoms with van der Waals surface area (Å²) >= 11 is 0. The quantitative estimate of drug-likeness (QED) is 0.570. The summed E-state index contributed by atoms with van der Waals surface area (Å²) in [6.07, 6.45) is 2.38. The third-order valence-electron chi connectivity index (χ3n) is 1.91. The van der Waals surface area contributed by atoms with E-state index in [1.54, 1.807) is 0 Å². The predicted molar refractivity (Wildman–Crippen MR) is 56.3 cm³/mol. The number of hydrogen-bond donors (Lipinski definition) is 1. The van der Waals surface area contributed by atoms with Crippen LogP contribution in [0.25, 0.3) is 0 Å². The largest absolute Gasteiger partial charge is 0.399 e. The lowest BCUT2D eigenvalue weighted by molar-refractivity contribution is 0.196. The molecule has 0 fully saturated rings. The Kier molecular flexibility index (Phi) is 4.72. The van der Waals surface area contributed by atoms with E-state index >= 15 is 0 Å². The summed E-state index contributed by atoms with van der Waals surface area (Å²) in [6, 6.07) is 10.0. The number of aliphatic hydroxyl groups is 1. The molecule has 0 radical (unpaired) electrons. The Morgan fingerprint density at radius 3 is 2.79 bits per heavy atom. The topological polar surface area (TPSA) is 41.8 Å². The lowest BCUT2D eigenvalue weighted by Gasteiger charge is -2.03. The summed E-state index contributed by atoms with van der Waals surface area (Å²) in [5.74, 6) is 0.